The van der Waals surface area contributed by atoms with Crippen LogP contribution in [0.2, 0.25) is 8.94 Å². The zero-order valence-corrected chi connectivity index (χ0v) is 10.7. The maximum absolute atomic E-state index is 5.11. The predicted molar refractivity (Wildman–Crippen MR) is 57.7 cm³/mol. The summed E-state index contributed by atoms with van der Waals surface area (Å²) in [5.41, 5.74) is 1.43. The van der Waals surface area contributed by atoms with Gasteiger partial charge in [0.25, 0.3) is 0 Å². The van der Waals surface area contributed by atoms with E-state index in [9.17, 15) is 0 Å². The Balaban J connectivity index is 2.58. The van der Waals surface area contributed by atoms with Crippen molar-refractivity contribution in [3.8, 4) is 5.75 Å². The Bertz CT molecular complexity index is 243. The van der Waals surface area contributed by atoms with Gasteiger partial charge in [0.15, 0.2) is 0 Å². The summed E-state index contributed by atoms with van der Waals surface area (Å²) in [6.45, 7) is 2.34. The molecule has 72 valence electrons. The van der Waals surface area contributed by atoms with Gasteiger partial charge in [-0.15, -0.1) is 0 Å². The molecule has 0 amide bonds. The molecule has 0 aliphatic carbocycles. The standard InChI is InChI=1S/C11H16OTe/c1-9(13-3)8-10-4-6-11(12-2)7-5-10/h4-7,9H,8H2,1-3H3. The van der Waals surface area contributed by atoms with Crippen LogP contribution in [0, 0.1) is 0 Å². The number of methoxy groups -OCH3 is 1. The molecule has 0 fully saturated rings. The van der Waals surface area contributed by atoms with Crippen LogP contribution >= 0.6 is 0 Å². The fraction of sp³-hybridized carbons (Fsp3) is 0.455. The first-order valence-corrected chi connectivity index (χ1v) is 8.09. The second kappa shape index (κ2) is 5.52. The van der Waals surface area contributed by atoms with Gasteiger partial charge < -0.3 is 0 Å². The van der Waals surface area contributed by atoms with Gasteiger partial charge >= 0.3 is 90.6 Å². The van der Waals surface area contributed by atoms with Gasteiger partial charge in [-0.3, -0.25) is 0 Å². The van der Waals surface area contributed by atoms with E-state index in [2.05, 4.69) is 24.0 Å². The Hall–Kier alpha value is -0.190. The van der Waals surface area contributed by atoms with Gasteiger partial charge in [-0.25, -0.2) is 0 Å². The van der Waals surface area contributed by atoms with Gasteiger partial charge in [0.1, 0.15) is 0 Å². The van der Waals surface area contributed by atoms with Gasteiger partial charge in [0.05, 0.1) is 0 Å². The molecule has 1 nitrogen and oxygen atoms in total. The summed E-state index contributed by atoms with van der Waals surface area (Å²) >= 11 is 0.218. The second-order valence-corrected chi connectivity index (χ2v) is 6.74. The number of hydrogen-bond acceptors (Lipinski definition) is 1. The molecule has 1 aromatic carbocycles. The van der Waals surface area contributed by atoms with Gasteiger partial charge in [-0.1, -0.05) is 0 Å². The zero-order valence-electron chi connectivity index (χ0n) is 8.41. The maximum atomic E-state index is 5.11. The average Bonchev–Trinajstić information content (AvgIpc) is 2.19. The number of rotatable bonds is 4. The van der Waals surface area contributed by atoms with Crippen molar-refractivity contribution in [1.29, 1.82) is 0 Å². The Morgan fingerprint density at radius 3 is 2.38 bits per heavy atom. The minimum absolute atomic E-state index is 0.218. The monoisotopic (exact) mass is 294 g/mol. The van der Waals surface area contributed by atoms with E-state index in [0.717, 1.165) is 9.72 Å². The van der Waals surface area contributed by atoms with Crippen LogP contribution in [0.1, 0.15) is 12.5 Å². The topological polar surface area (TPSA) is 9.23 Å². The number of hydrogen-bond donors (Lipinski definition) is 0. The molecule has 1 unspecified atom stereocenters. The van der Waals surface area contributed by atoms with Gasteiger partial charge in [-0.05, 0) is 0 Å². The third-order valence-corrected chi connectivity index (χ3v) is 4.86. The fourth-order valence-electron chi connectivity index (χ4n) is 1.18. The molecule has 1 atom stereocenters. The second-order valence-electron chi connectivity index (χ2n) is 3.10. The summed E-state index contributed by atoms with van der Waals surface area (Å²) < 4.78 is 6.01. The average molecular weight is 292 g/mol. The van der Waals surface area contributed by atoms with Crippen LogP contribution in [0.15, 0.2) is 24.3 Å². The third-order valence-electron chi connectivity index (χ3n) is 2.08. The van der Waals surface area contributed by atoms with Crippen molar-refractivity contribution in [3.63, 3.8) is 0 Å². The van der Waals surface area contributed by atoms with Crippen molar-refractivity contribution in [2.45, 2.75) is 22.3 Å². The van der Waals surface area contributed by atoms with Crippen molar-refractivity contribution >= 4 is 20.9 Å². The van der Waals surface area contributed by atoms with Crippen LogP contribution in [0.25, 0.3) is 0 Å². The molecule has 0 N–H and O–H groups in total. The Morgan fingerprint density at radius 2 is 1.92 bits per heavy atom. The molecule has 0 saturated heterocycles. The van der Waals surface area contributed by atoms with E-state index in [0.29, 0.717) is 0 Å². The molecule has 0 aromatic heterocycles. The first-order valence-electron chi connectivity index (χ1n) is 4.42. The Kier molecular flexibility index (Phi) is 4.62. The molecule has 0 aliphatic heterocycles. The molecular weight excluding hydrogens is 276 g/mol. The third kappa shape index (κ3) is 3.58. The summed E-state index contributed by atoms with van der Waals surface area (Å²) in [6.07, 6.45) is 1.22. The van der Waals surface area contributed by atoms with Crippen LogP contribution in [0.3, 0.4) is 0 Å². The van der Waals surface area contributed by atoms with Crippen LogP contribution in [-0.2, 0) is 6.42 Å². The summed E-state index contributed by atoms with van der Waals surface area (Å²) in [5, 5.41) is 0. The first-order chi connectivity index (χ1) is 6.26. The molecule has 2 heteroatoms. The van der Waals surface area contributed by atoms with Crippen molar-refractivity contribution in [1.82, 2.24) is 0 Å². The van der Waals surface area contributed by atoms with Crippen molar-refractivity contribution in [2.24, 2.45) is 0 Å². The number of benzene rings is 1. The molecule has 13 heavy (non-hydrogen) atoms. The van der Waals surface area contributed by atoms with Crippen molar-refractivity contribution in [3.05, 3.63) is 29.8 Å². The first kappa shape index (κ1) is 10.9. The van der Waals surface area contributed by atoms with Crippen LogP contribution in [0.4, 0.5) is 0 Å². The summed E-state index contributed by atoms with van der Waals surface area (Å²) in [5.74, 6) is 0.948. The van der Waals surface area contributed by atoms with Crippen LogP contribution < -0.4 is 4.74 Å². The molecule has 0 radical (unpaired) electrons. The Labute approximate surface area is 90.6 Å². The van der Waals surface area contributed by atoms with E-state index >= 15 is 0 Å². The molecule has 0 saturated carbocycles. The molecule has 1 aromatic rings. The molecule has 0 bridgehead atoms. The van der Waals surface area contributed by atoms with Gasteiger partial charge in [0, 0.05) is 0 Å². The minimum atomic E-state index is 0.218. The Morgan fingerprint density at radius 1 is 1.31 bits per heavy atom. The SMILES string of the molecule is COc1ccc(CC(C)[Te]C)cc1. The van der Waals surface area contributed by atoms with Gasteiger partial charge in [0.2, 0.25) is 0 Å². The number of ether oxygens (including phenoxy) is 1. The van der Waals surface area contributed by atoms with Crippen molar-refractivity contribution in [2.75, 3.05) is 7.11 Å². The van der Waals surface area contributed by atoms with Crippen LogP contribution in [0.5, 0.6) is 5.75 Å². The molecule has 0 aliphatic rings. The van der Waals surface area contributed by atoms with E-state index in [4.69, 9.17) is 4.74 Å². The van der Waals surface area contributed by atoms with E-state index in [-0.39, 0.29) is 20.9 Å². The van der Waals surface area contributed by atoms with E-state index in [1.54, 1.807) is 7.11 Å². The van der Waals surface area contributed by atoms with E-state index in [1.807, 2.05) is 12.1 Å². The summed E-state index contributed by atoms with van der Waals surface area (Å²) in [7, 11) is 1.70. The quantitative estimate of drug-likeness (QED) is 0.775. The van der Waals surface area contributed by atoms with E-state index in [1.165, 1.54) is 12.0 Å². The van der Waals surface area contributed by atoms with Crippen LogP contribution in [-0.4, -0.2) is 28.0 Å². The molecule has 0 heterocycles. The summed E-state index contributed by atoms with van der Waals surface area (Å²) in [4.78, 5) is 2.36. The zero-order chi connectivity index (χ0) is 9.68. The van der Waals surface area contributed by atoms with Crippen molar-refractivity contribution < 1.29 is 4.74 Å². The predicted octanol–water partition coefficient (Wildman–Crippen LogP) is 2.80. The normalized spacial score (nSPS) is 12.5. The fourth-order valence-corrected chi connectivity index (χ4v) is 2.20. The molecular formula is C11H16OTe. The van der Waals surface area contributed by atoms with Gasteiger partial charge in [-0.2, -0.15) is 0 Å². The summed E-state index contributed by atoms with van der Waals surface area (Å²) in [6, 6.07) is 8.41. The molecule has 1 rings (SSSR count). The van der Waals surface area contributed by atoms with E-state index < -0.39 is 0 Å². The molecule has 0 spiro atoms.